The van der Waals surface area contributed by atoms with Crippen LogP contribution in [-0.4, -0.2) is 25.5 Å². The number of Topliss-reactive ketones (excluding diaryl/α,β-unsaturated/α-hetero) is 1. The summed E-state index contributed by atoms with van der Waals surface area (Å²) in [5, 5.41) is 0. The third-order valence-electron chi connectivity index (χ3n) is 2.85. The van der Waals surface area contributed by atoms with Gasteiger partial charge in [0.15, 0.2) is 5.78 Å². The molecule has 17 heavy (non-hydrogen) atoms. The van der Waals surface area contributed by atoms with Gasteiger partial charge in [-0.3, -0.25) is 4.79 Å². The zero-order valence-corrected chi connectivity index (χ0v) is 11.3. The fourth-order valence-corrected chi connectivity index (χ4v) is 2.10. The van der Waals surface area contributed by atoms with Gasteiger partial charge in [0.05, 0.1) is 18.4 Å². The van der Waals surface area contributed by atoms with Gasteiger partial charge in [0, 0.05) is 12.6 Å². The highest BCUT2D eigenvalue weighted by atomic mass is 16.5. The number of carbonyl (C=O) groups excluding carboxylic acids is 1. The van der Waals surface area contributed by atoms with E-state index in [1.807, 2.05) is 18.2 Å². The molecule has 0 unspecified atom stereocenters. The molecule has 0 aromatic heterocycles. The van der Waals surface area contributed by atoms with Gasteiger partial charge in [-0.1, -0.05) is 6.07 Å². The number of ketones is 1. The molecule has 1 rings (SSSR count). The Kier molecular flexibility index (Phi) is 4.55. The van der Waals surface area contributed by atoms with Gasteiger partial charge in [-0.05, 0) is 39.8 Å². The summed E-state index contributed by atoms with van der Waals surface area (Å²) in [5.41, 5.74) is 1.62. The largest absolute Gasteiger partial charge is 0.496 e. The van der Waals surface area contributed by atoms with E-state index in [9.17, 15) is 4.79 Å². The maximum atomic E-state index is 11.8. The van der Waals surface area contributed by atoms with Gasteiger partial charge in [0.2, 0.25) is 0 Å². The topological polar surface area (TPSA) is 29.5 Å². The van der Waals surface area contributed by atoms with E-state index in [1.54, 1.807) is 14.0 Å². The van der Waals surface area contributed by atoms with Crippen molar-refractivity contribution in [3.05, 3.63) is 23.8 Å². The Hall–Kier alpha value is -1.51. The van der Waals surface area contributed by atoms with Crippen LogP contribution in [0.15, 0.2) is 18.2 Å². The molecule has 0 aliphatic heterocycles. The average molecular weight is 235 g/mol. The molecule has 0 fully saturated rings. The quantitative estimate of drug-likeness (QED) is 0.734. The van der Waals surface area contributed by atoms with Crippen LogP contribution in [0.1, 0.15) is 38.1 Å². The summed E-state index contributed by atoms with van der Waals surface area (Å²) in [4.78, 5) is 14.0. The lowest BCUT2D eigenvalue weighted by Crippen LogP contribution is -2.31. The van der Waals surface area contributed by atoms with Crippen molar-refractivity contribution in [2.75, 3.05) is 18.6 Å². The van der Waals surface area contributed by atoms with Crippen LogP contribution in [0.2, 0.25) is 0 Å². The second kappa shape index (κ2) is 5.71. The maximum absolute atomic E-state index is 11.8. The Balaban J connectivity index is 3.36. The second-order valence-corrected chi connectivity index (χ2v) is 4.29. The van der Waals surface area contributed by atoms with Crippen LogP contribution >= 0.6 is 0 Å². The van der Waals surface area contributed by atoms with Crippen LogP contribution in [0.5, 0.6) is 5.75 Å². The zero-order chi connectivity index (χ0) is 13.0. The third kappa shape index (κ3) is 2.78. The fraction of sp³-hybridized carbons (Fsp3) is 0.500. The van der Waals surface area contributed by atoms with E-state index in [2.05, 4.69) is 25.7 Å². The lowest BCUT2D eigenvalue weighted by Gasteiger charge is -2.29. The van der Waals surface area contributed by atoms with Gasteiger partial charge in [-0.2, -0.15) is 0 Å². The van der Waals surface area contributed by atoms with Crippen LogP contribution in [0.3, 0.4) is 0 Å². The van der Waals surface area contributed by atoms with Crippen molar-refractivity contribution in [2.45, 2.75) is 33.7 Å². The predicted octanol–water partition coefficient (Wildman–Crippen LogP) is 3.13. The summed E-state index contributed by atoms with van der Waals surface area (Å²) in [7, 11) is 1.59. The highest BCUT2D eigenvalue weighted by Gasteiger charge is 2.19. The van der Waals surface area contributed by atoms with Gasteiger partial charge in [-0.15, -0.1) is 0 Å². The highest BCUT2D eigenvalue weighted by molar-refractivity contribution is 6.02. The number of benzene rings is 1. The van der Waals surface area contributed by atoms with Crippen LogP contribution in [0, 0.1) is 0 Å². The van der Waals surface area contributed by atoms with Gasteiger partial charge < -0.3 is 9.64 Å². The number of carbonyl (C=O) groups is 1. The summed E-state index contributed by atoms with van der Waals surface area (Å²) in [6, 6.07) is 6.08. The van der Waals surface area contributed by atoms with E-state index in [0.29, 0.717) is 17.4 Å². The smallest absolute Gasteiger partial charge is 0.165 e. The zero-order valence-electron chi connectivity index (χ0n) is 11.3. The van der Waals surface area contributed by atoms with Crippen LogP contribution in [-0.2, 0) is 0 Å². The molecule has 3 heteroatoms. The molecule has 0 saturated carbocycles. The van der Waals surface area contributed by atoms with Crippen LogP contribution < -0.4 is 9.64 Å². The molecule has 0 spiro atoms. The van der Waals surface area contributed by atoms with Crippen molar-refractivity contribution in [2.24, 2.45) is 0 Å². The third-order valence-corrected chi connectivity index (χ3v) is 2.85. The standard InChI is InChI=1S/C14H21NO2/c1-6-15(10(2)3)12-8-7-9-13(17-5)14(12)11(4)16/h7-10H,6H2,1-5H3. The lowest BCUT2D eigenvalue weighted by molar-refractivity contribution is 0.101. The first-order valence-corrected chi connectivity index (χ1v) is 5.97. The fourth-order valence-electron chi connectivity index (χ4n) is 2.10. The van der Waals surface area contributed by atoms with Crippen molar-refractivity contribution >= 4 is 11.5 Å². The average Bonchev–Trinajstić information content (AvgIpc) is 2.28. The molecule has 0 heterocycles. The Morgan fingerprint density at radius 2 is 2.06 bits per heavy atom. The molecule has 3 nitrogen and oxygen atoms in total. The van der Waals surface area contributed by atoms with Gasteiger partial charge >= 0.3 is 0 Å². The minimum Gasteiger partial charge on any atom is -0.496 e. The summed E-state index contributed by atoms with van der Waals surface area (Å²) in [6.07, 6.45) is 0. The number of rotatable bonds is 5. The molecular formula is C14H21NO2. The van der Waals surface area contributed by atoms with E-state index in [0.717, 1.165) is 12.2 Å². The van der Waals surface area contributed by atoms with Crippen molar-refractivity contribution in [3.63, 3.8) is 0 Å². The first-order valence-electron chi connectivity index (χ1n) is 5.97. The Morgan fingerprint density at radius 1 is 1.41 bits per heavy atom. The summed E-state index contributed by atoms with van der Waals surface area (Å²) in [5.74, 6) is 0.686. The van der Waals surface area contributed by atoms with Gasteiger partial charge in [0.1, 0.15) is 5.75 Å². The number of methoxy groups -OCH3 is 1. The number of nitrogens with zero attached hydrogens (tertiary/aromatic N) is 1. The SMILES string of the molecule is CCN(c1cccc(OC)c1C(C)=O)C(C)C. The molecule has 0 atom stereocenters. The van der Waals surface area contributed by atoms with Crippen molar-refractivity contribution in [1.29, 1.82) is 0 Å². The number of ether oxygens (including phenoxy) is 1. The number of hydrogen-bond acceptors (Lipinski definition) is 3. The summed E-state index contributed by atoms with van der Waals surface area (Å²) in [6.45, 7) is 8.77. The Labute approximate surface area is 103 Å². The first kappa shape index (κ1) is 13.6. The molecule has 1 aromatic rings. The van der Waals surface area contributed by atoms with E-state index >= 15 is 0 Å². The lowest BCUT2D eigenvalue weighted by atomic mass is 10.1. The molecular weight excluding hydrogens is 214 g/mol. The maximum Gasteiger partial charge on any atom is 0.165 e. The van der Waals surface area contributed by atoms with Crippen LogP contribution in [0.4, 0.5) is 5.69 Å². The molecule has 94 valence electrons. The first-order chi connectivity index (χ1) is 8.02. The van der Waals surface area contributed by atoms with E-state index in [1.165, 1.54) is 0 Å². The minimum absolute atomic E-state index is 0.0385. The molecule has 0 bridgehead atoms. The van der Waals surface area contributed by atoms with Crippen molar-refractivity contribution in [1.82, 2.24) is 0 Å². The number of hydrogen-bond donors (Lipinski definition) is 0. The highest BCUT2D eigenvalue weighted by Crippen LogP contribution is 2.30. The van der Waals surface area contributed by atoms with Crippen molar-refractivity contribution in [3.8, 4) is 5.75 Å². The van der Waals surface area contributed by atoms with Gasteiger partial charge in [0.25, 0.3) is 0 Å². The minimum atomic E-state index is 0.0385. The summed E-state index contributed by atoms with van der Waals surface area (Å²) < 4.78 is 5.27. The molecule has 0 radical (unpaired) electrons. The molecule has 0 saturated heterocycles. The monoisotopic (exact) mass is 235 g/mol. The van der Waals surface area contributed by atoms with Crippen molar-refractivity contribution < 1.29 is 9.53 Å². The second-order valence-electron chi connectivity index (χ2n) is 4.29. The molecule has 0 N–H and O–H groups in total. The molecule has 1 aromatic carbocycles. The van der Waals surface area contributed by atoms with Crippen LogP contribution in [0.25, 0.3) is 0 Å². The van der Waals surface area contributed by atoms with Gasteiger partial charge in [-0.25, -0.2) is 0 Å². The molecule has 0 amide bonds. The van der Waals surface area contributed by atoms with E-state index in [4.69, 9.17) is 4.74 Å². The Morgan fingerprint density at radius 3 is 2.47 bits per heavy atom. The predicted molar refractivity (Wildman–Crippen MR) is 71.2 cm³/mol. The van der Waals surface area contributed by atoms with E-state index < -0.39 is 0 Å². The molecule has 0 aliphatic carbocycles. The van der Waals surface area contributed by atoms with E-state index in [-0.39, 0.29) is 5.78 Å². The Bertz CT molecular complexity index is 399. The molecule has 0 aliphatic rings. The number of anilines is 1. The summed E-state index contributed by atoms with van der Waals surface area (Å²) >= 11 is 0. The normalized spacial score (nSPS) is 10.5.